The molecular weight excluding hydrogens is 477 g/mol. The van der Waals surface area contributed by atoms with E-state index in [1.807, 2.05) is 92.9 Å². The largest absolute Gasteiger partial charge is 0.497 e. The highest BCUT2D eigenvalue weighted by Crippen LogP contribution is 2.43. The van der Waals surface area contributed by atoms with Gasteiger partial charge in [0.1, 0.15) is 23.2 Å². The molecule has 0 bridgehead atoms. The average Bonchev–Trinajstić information content (AvgIpc) is 3.36. The number of hydrogen-bond donors (Lipinski definition) is 0. The number of nitriles is 1. The van der Waals surface area contributed by atoms with Crippen LogP contribution in [-0.2, 0) is 9.31 Å². The molecule has 0 radical (unpaired) electrons. The molecule has 1 aliphatic heterocycles. The summed E-state index contributed by atoms with van der Waals surface area (Å²) in [5, 5.41) is 12.6. The summed E-state index contributed by atoms with van der Waals surface area (Å²) in [6.45, 7) is 8.18. The number of nitrogens with zero attached hydrogens (tertiary/aromatic N) is 3. The zero-order valence-corrected chi connectivity index (χ0v) is 22.3. The lowest BCUT2D eigenvalue weighted by Crippen LogP contribution is -2.41. The van der Waals surface area contributed by atoms with Crippen LogP contribution >= 0.6 is 0 Å². The second kappa shape index (κ2) is 8.49. The minimum Gasteiger partial charge on any atom is -0.497 e. The molecule has 1 aliphatic rings. The molecule has 0 unspecified atom stereocenters. The first-order chi connectivity index (χ1) is 18.2. The molecule has 4 heterocycles. The Morgan fingerprint density at radius 2 is 1.63 bits per heavy atom. The number of methoxy groups -OCH3 is 2. The van der Waals surface area contributed by atoms with Gasteiger partial charge in [0.2, 0.25) is 0 Å². The summed E-state index contributed by atoms with van der Waals surface area (Å²) in [6.07, 6.45) is 1.93. The smallest absolute Gasteiger partial charge is 0.494 e. The van der Waals surface area contributed by atoms with E-state index in [1.54, 1.807) is 14.2 Å². The first-order valence-electron chi connectivity index (χ1n) is 12.5. The Bertz CT molecular complexity index is 1750. The molecule has 190 valence electrons. The van der Waals surface area contributed by atoms with Crippen LogP contribution in [0.5, 0.6) is 11.5 Å². The van der Waals surface area contributed by atoms with Crippen molar-refractivity contribution >= 4 is 39.9 Å². The molecule has 2 aromatic carbocycles. The lowest BCUT2D eigenvalue weighted by molar-refractivity contribution is 0.00578. The molecule has 6 rings (SSSR count). The molecule has 0 saturated carbocycles. The average molecular weight is 505 g/mol. The van der Waals surface area contributed by atoms with E-state index in [2.05, 4.69) is 6.07 Å². The first-order valence-corrected chi connectivity index (χ1v) is 12.5. The van der Waals surface area contributed by atoms with Crippen molar-refractivity contribution in [1.82, 2.24) is 9.38 Å². The van der Waals surface area contributed by atoms with Gasteiger partial charge < -0.3 is 18.8 Å². The van der Waals surface area contributed by atoms with Gasteiger partial charge in [-0.1, -0.05) is 30.3 Å². The maximum Gasteiger partial charge on any atom is 0.494 e. The highest BCUT2D eigenvalue weighted by molar-refractivity contribution is 6.62. The molecule has 0 amide bonds. The van der Waals surface area contributed by atoms with Crippen molar-refractivity contribution in [2.75, 3.05) is 14.2 Å². The van der Waals surface area contributed by atoms with Gasteiger partial charge in [-0.05, 0) is 51.4 Å². The SMILES string of the molecule is COc1cc(OC)c2c(-c3ccc(B4OC(C)(C)C(C)(C)O4)cc3)nc3c(c(C#N)c4ccccn43)c2c1. The molecule has 0 N–H and O–H groups in total. The highest BCUT2D eigenvalue weighted by Gasteiger charge is 2.51. The molecule has 3 aromatic heterocycles. The topological polar surface area (TPSA) is 78.0 Å². The zero-order valence-electron chi connectivity index (χ0n) is 22.3. The lowest BCUT2D eigenvalue weighted by Gasteiger charge is -2.32. The van der Waals surface area contributed by atoms with E-state index < -0.39 is 18.3 Å². The maximum atomic E-state index is 10.2. The van der Waals surface area contributed by atoms with Gasteiger partial charge in [0.15, 0.2) is 0 Å². The normalized spacial score (nSPS) is 16.3. The summed E-state index contributed by atoms with van der Waals surface area (Å²) in [5.41, 5.74) is 3.83. The van der Waals surface area contributed by atoms with E-state index >= 15 is 0 Å². The monoisotopic (exact) mass is 505 g/mol. The van der Waals surface area contributed by atoms with Gasteiger partial charge >= 0.3 is 7.12 Å². The van der Waals surface area contributed by atoms with E-state index in [-0.39, 0.29) is 0 Å². The van der Waals surface area contributed by atoms with Crippen molar-refractivity contribution in [2.45, 2.75) is 38.9 Å². The first kappa shape index (κ1) is 24.3. The molecule has 0 aliphatic carbocycles. The van der Waals surface area contributed by atoms with E-state index in [9.17, 15) is 5.26 Å². The summed E-state index contributed by atoms with van der Waals surface area (Å²) >= 11 is 0. The Morgan fingerprint density at radius 3 is 2.26 bits per heavy atom. The molecule has 0 spiro atoms. The Morgan fingerprint density at radius 1 is 0.921 bits per heavy atom. The predicted molar refractivity (Wildman–Crippen MR) is 149 cm³/mol. The number of hydrogen-bond acceptors (Lipinski definition) is 6. The molecule has 38 heavy (non-hydrogen) atoms. The lowest BCUT2D eigenvalue weighted by atomic mass is 9.78. The van der Waals surface area contributed by atoms with Gasteiger partial charge in [0.25, 0.3) is 0 Å². The van der Waals surface area contributed by atoms with Crippen molar-refractivity contribution in [3.8, 4) is 28.8 Å². The molecule has 5 aromatic rings. The van der Waals surface area contributed by atoms with Crippen LogP contribution in [0.4, 0.5) is 0 Å². The van der Waals surface area contributed by atoms with E-state index in [1.165, 1.54) is 0 Å². The summed E-state index contributed by atoms with van der Waals surface area (Å²) in [4.78, 5) is 5.14. The Hall–Kier alpha value is -4.06. The molecule has 1 fully saturated rings. The Labute approximate surface area is 221 Å². The standard InChI is InChI=1S/C30H28BN3O4/c1-29(2)30(3,4)38-31(37-29)19-12-10-18(11-13-19)27-26-21(15-20(35-5)16-24(26)36-6)25-22(17-32)23-9-7-8-14-34(23)28(25)33-27/h7-16H,1-6H3. The maximum absolute atomic E-state index is 10.2. The van der Waals surface area contributed by atoms with Gasteiger partial charge in [-0.3, -0.25) is 4.40 Å². The van der Waals surface area contributed by atoms with Crippen molar-refractivity contribution in [1.29, 1.82) is 5.26 Å². The number of benzene rings is 2. The van der Waals surface area contributed by atoms with Crippen molar-refractivity contribution in [2.24, 2.45) is 0 Å². The molecule has 7 nitrogen and oxygen atoms in total. The summed E-state index contributed by atoms with van der Waals surface area (Å²) in [5.74, 6) is 1.26. The second-order valence-electron chi connectivity index (χ2n) is 10.6. The molecule has 0 atom stereocenters. The van der Waals surface area contributed by atoms with E-state index in [0.717, 1.165) is 38.4 Å². The van der Waals surface area contributed by atoms with Crippen LogP contribution in [0, 0.1) is 11.3 Å². The van der Waals surface area contributed by atoms with Gasteiger partial charge in [-0.15, -0.1) is 0 Å². The number of ether oxygens (including phenoxy) is 2. The van der Waals surface area contributed by atoms with Gasteiger partial charge in [0.05, 0.1) is 47.6 Å². The number of fused-ring (bicyclic) bond motifs is 5. The fourth-order valence-corrected chi connectivity index (χ4v) is 5.13. The van der Waals surface area contributed by atoms with Crippen LogP contribution in [0.3, 0.4) is 0 Å². The molecule has 1 saturated heterocycles. The third-order valence-electron chi connectivity index (χ3n) is 7.89. The summed E-state index contributed by atoms with van der Waals surface area (Å²) in [7, 11) is 2.80. The third kappa shape index (κ3) is 3.47. The quantitative estimate of drug-likeness (QED) is 0.301. The minimum atomic E-state index is -0.451. The highest BCUT2D eigenvalue weighted by atomic mass is 16.7. The minimum absolute atomic E-state index is 0.417. The Kier molecular flexibility index (Phi) is 5.42. The molecule has 8 heteroatoms. The third-order valence-corrected chi connectivity index (χ3v) is 7.89. The zero-order chi connectivity index (χ0) is 26.8. The van der Waals surface area contributed by atoms with Crippen molar-refractivity contribution < 1.29 is 18.8 Å². The Balaban J connectivity index is 1.61. The van der Waals surface area contributed by atoms with Gasteiger partial charge in [-0.2, -0.15) is 5.26 Å². The van der Waals surface area contributed by atoms with Crippen LogP contribution in [0.2, 0.25) is 0 Å². The van der Waals surface area contributed by atoms with Gasteiger partial charge in [0, 0.05) is 28.6 Å². The fourth-order valence-electron chi connectivity index (χ4n) is 5.13. The van der Waals surface area contributed by atoms with E-state index in [0.29, 0.717) is 22.7 Å². The van der Waals surface area contributed by atoms with Crippen LogP contribution in [0.1, 0.15) is 33.3 Å². The number of pyridine rings is 2. The van der Waals surface area contributed by atoms with Gasteiger partial charge in [-0.25, -0.2) is 4.98 Å². The second-order valence-corrected chi connectivity index (χ2v) is 10.6. The van der Waals surface area contributed by atoms with Crippen LogP contribution < -0.4 is 14.9 Å². The summed E-state index contributed by atoms with van der Waals surface area (Å²) in [6, 6.07) is 20.1. The summed E-state index contributed by atoms with van der Waals surface area (Å²) < 4.78 is 25.9. The number of rotatable bonds is 4. The van der Waals surface area contributed by atoms with Crippen LogP contribution in [0.25, 0.3) is 38.6 Å². The number of aromatic nitrogens is 2. The van der Waals surface area contributed by atoms with Crippen molar-refractivity contribution in [3.63, 3.8) is 0 Å². The van der Waals surface area contributed by atoms with E-state index in [4.69, 9.17) is 23.8 Å². The van der Waals surface area contributed by atoms with Crippen molar-refractivity contribution in [3.05, 3.63) is 66.4 Å². The van der Waals surface area contributed by atoms with Crippen LogP contribution in [-0.4, -0.2) is 41.9 Å². The van der Waals surface area contributed by atoms with Crippen LogP contribution in [0.15, 0.2) is 60.8 Å². The fraction of sp³-hybridized carbons (Fsp3) is 0.267. The molecular formula is C30H28BN3O4. The predicted octanol–water partition coefficient (Wildman–Crippen LogP) is 5.50.